The smallest absolute Gasteiger partial charge is 0.416 e. The Bertz CT molecular complexity index is 1010. The fourth-order valence-corrected chi connectivity index (χ4v) is 2.50. The van der Waals surface area contributed by atoms with Crippen LogP contribution in [-0.4, -0.2) is 39.9 Å². The zero-order valence-corrected chi connectivity index (χ0v) is 18.0. The molecule has 0 fully saturated rings. The van der Waals surface area contributed by atoms with Crippen molar-refractivity contribution in [2.75, 3.05) is 12.4 Å². The second-order valence-corrected chi connectivity index (χ2v) is 7.49. The van der Waals surface area contributed by atoms with Crippen molar-refractivity contribution in [1.29, 1.82) is 0 Å². The van der Waals surface area contributed by atoms with Crippen LogP contribution in [0, 0.1) is 0 Å². The number of ether oxygens (including phenoxy) is 1. The molecule has 0 aliphatic heterocycles. The minimum atomic E-state index is -4.66. The number of carbonyl (C=O) groups is 1. The van der Waals surface area contributed by atoms with Crippen LogP contribution in [-0.2, 0) is 17.5 Å². The molecule has 12 heteroatoms. The number of aromatic nitrogens is 3. The summed E-state index contributed by atoms with van der Waals surface area (Å²) >= 11 is 0. The molecular formula is C20H24F3N7O2. The summed E-state index contributed by atoms with van der Waals surface area (Å²) in [5.74, 6) is 0.0975. The van der Waals surface area contributed by atoms with Crippen molar-refractivity contribution in [3.05, 3.63) is 47.6 Å². The van der Waals surface area contributed by atoms with Crippen LogP contribution in [0.4, 0.5) is 23.9 Å². The minimum Gasteiger partial charge on any atom is -0.444 e. The monoisotopic (exact) mass is 451 g/mol. The van der Waals surface area contributed by atoms with Crippen LogP contribution in [0.5, 0.6) is 0 Å². The molecular weight excluding hydrogens is 427 g/mol. The minimum absolute atomic E-state index is 0.0180. The number of alkyl carbamates (subject to hydrolysis) is 1. The third-order valence-electron chi connectivity index (χ3n) is 3.77. The number of aliphatic imine (C=N–C) groups is 1. The first kappa shape index (κ1) is 24.6. The highest BCUT2D eigenvalue weighted by atomic mass is 19.4. The van der Waals surface area contributed by atoms with E-state index in [0.717, 1.165) is 12.4 Å². The van der Waals surface area contributed by atoms with Crippen molar-refractivity contribution in [2.45, 2.75) is 39.1 Å². The number of halogens is 3. The Morgan fingerprint density at radius 1 is 1.25 bits per heavy atom. The van der Waals surface area contributed by atoms with E-state index >= 15 is 0 Å². The van der Waals surface area contributed by atoms with Gasteiger partial charge in [0.2, 0.25) is 5.95 Å². The number of amides is 1. The summed E-state index contributed by atoms with van der Waals surface area (Å²) in [6.07, 6.45) is -1.65. The van der Waals surface area contributed by atoms with E-state index in [9.17, 15) is 18.0 Å². The fourth-order valence-electron chi connectivity index (χ4n) is 2.50. The summed E-state index contributed by atoms with van der Waals surface area (Å²) in [5, 5.41) is 5.12. The number of nitrogens with one attached hydrogen (secondary N) is 2. The molecule has 0 saturated heterocycles. The largest absolute Gasteiger partial charge is 0.444 e. The molecule has 1 amide bonds. The predicted molar refractivity (Wildman–Crippen MR) is 114 cm³/mol. The van der Waals surface area contributed by atoms with Gasteiger partial charge in [0.25, 0.3) is 0 Å². The number of anilines is 1. The average molecular weight is 451 g/mol. The van der Waals surface area contributed by atoms with Crippen LogP contribution in [0.1, 0.15) is 31.9 Å². The number of nitrogens with zero attached hydrogens (tertiary/aromatic N) is 4. The number of allylic oxidation sites excluding steroid dienone is 1. The van der Waals surface area contributed by atoms with Crippen LogP contribution in [0.2, 0.25) is 0 Å². The Labute approximate surface area is 183 Å². The number of rotatable bonds is 6. The van der Waals surface area contributed by atoms with E-state index in [1.807, 2.05) is 0 Å². The molecule has 0 spiro atoms. The number of benzene rings is 1. The first-order valence-electron chi connectivity index (χ1n) is 9.40. The quantitative estimate of drug-likeness (QED) is 0.574. The summed E-state index contributed by atoms with van der Waals surface area (Å²) < 4.78 is 46.1. The molecule has 172 valence electrons. The summed E-state index contributed by atoms with van der Waals surface area (Å²) in [6.45, 7) is 4.60. The summed E-state index contributed by atoms with van der Waals surface area (Å²) in [7, 11) is 1.54. The van der Waals surface area contributed by atoms with E-state index < -0.39 is 23.4 Å². The van der Waals surface area contributed by atoms with Gasteiger partial charge in [0.1, 0.15) is 11.9 Å². The summed E-state index contributed by atoms with van der Waals surface area (Å²) in [5.41, 5.74) is 4.15. The normalized spacial score (nSPS) is 12.7. The Hall–Kier alpha value is -3.70. The van der Waals surface area contributed by atoms with Crippen molar-refractivity contribution in [3.8, 4) is 11.4 Å². The lowest BCUT2D eigenvalue weighted by Crippen LogP contribution is -2.32. The highest BCUT2D eigenvalue weighted by molar-refractivity contribution is 5.82. The number of carbonyl (C=O) groups excluding carboxylic acids is 1. The molecule has 1 aromatic carbocycles. The van der Waals surface area contributed by atoms with Gasteiger partial charge >= 0.3 is 12.3 Å². The van der Waals surface area contributed by atoms with Gasteiger partial charge in [-0.25, -0.2) is 14.8 Å². The van der Waals surface area contributed by atoms with Crippen LogP contribution < -0.4 is 16.4 Å². The molecule has 4 N–H and O–H groups in total. The molecule has 32 heavy (non-hydrogen) atoms. The van der Waals surface area contributed by atoms with Gasteiger partial charge < -0.3 is 21.1 Å². The van der Waals surface area contributed by atoms with Crippen molar-refractivity contribution in [1.82, 2.24) is 20.3 Å². The Balaban J connectivity index is 2.31. The fraction of sp³-hybridized carbons (Fsp3) is 0.350. The average Bonchev–Trinajstić information content (AvgIpc) is 2.70. The van der Waals surface area contributed by atoms with Gasteiger partial charge in [-0.05, 0) is 32.4 Å². The summed E-state index contributed by atoms with van der Waals surface area (Å²) in [6, 6.07) is 3.59. The maximum atomic E-state index is 13.7. The van der Waals surface area contributed by atoms with E-state index in [1.165, 1.54) is 24.5 Å². The number of hydrogen-bond donors (Lipinski definition) is 3. The van der Waals surface area contributed by atoms with Crippen LogP contribution >= 0.6 is 0 Å². The third kappa shape index (κ3) is 7.22. The highest BCUT2D eigenvalue weighted by Crippen LogP contribution is 2.34. The first-order chi connectivity index (χ1) is 14.9. The summed E-state index contributed by atoms with van der Waals surface area (Å²) in [4.78, 5) is 27.6. The topological polar surface area (TPSA) is 127 Å². The molecule has 0 unspecified atom stereocenters. The molecule has 1 aromatic heterocycles. The van der Waals surface area contributed by atoms with E-state index in [4.69, 9.17) is 10.5 Å². The highest BCUT2D eigenvalue weighted by Gasteiger charge is 2.34. The molecule has 2 rings (SSSR count). The second-order valence-electron chi connectivity index (χ2n) is 7.49. The zero-order chi connectivity index (χ0) is 23.9. The van der Waals surface area contributed by atoms with Gasteiger partial charge in [-0.15, -0.1) is 0 Å². The lowest BCUT2D eigenvalue weighted by Gasteiger charge is -2.20. The predicted octanol–water partition coefficient (Wildman–Crippen LogP) is 3.49. The number of alkyl halides is 3. The zero-order valence-electron chi connectivity index (χ0n) is 18.0. The van der Waals surface area contributed by atoms with Crippen molar-refractivity contribution in [3.63, 3.8) is 0 Å². The lowest BCUT2D eigenvalue weighted by atomic mass is 10.0. The molecule has 2 aromatic rings. The number of nitrogens with two attached hydrogens (primary N) is 1. The SMILES string of the molecule is CN=C/C(=C\N)Nc1ncnc(-c2ccc(CNC(=O)OC(C)(C)C)c(C(F)(F)F)c2)n1. The number of hydrogen-bond acceptors (Lipinski definition) is 8. The first-order valence-corrected chi connectivity index (χ1v) is 9.40. The Morgan fingerprint density at radius 2 is 1.97 bits per heavy atom. The van der Waals surface area contributed by atoms with Gasteiger partial charge in [0.15, 0.2) is 5.82 Å². The van der Waals surface area contributed by atoms with E-state index in [-0.39, 0.29) is 29.4 Å². The van der Waals surface area contributed by atoms with Gasteiger partial charge in [-0.1, -0.05) is 12.1 Å². The van der Waals surface area contributed by atoms with E-state index in [2.05, 4.69) is 30.6 Å². The molecule has 0 atom stereocenters. The van der Waals surface area contributed by atoms with Crippen LogP contribution in [0.15, 0.2) is 41.4 Å². The molecule has 9 nitrogen and oxygen atoms in total. The Kier molecular flexibility index (Phi) is 7.73. The molecule has 0 saturated carbocycles. The molecule has 0 radical (unpaired) electrons. The molecule has 1 heterocycles. The molecule has 0 bridgehead atoms. The third-order valence-corrected chi connectivity index (χ3v) is 3.77. The lowest BCUT2D eigenvalue weighted by molar-refractivity contribution is -0.138. The molecule has 0 aliphatic rings. The molecule has 0 aliphatic carbocycles. The van der Waals surface area contributed by atoms with E-state index in [1.54, 1.807) is 27.8 Å². The maximum Gasteiger partial charge on any atom is 0.416 e. The standard InChI is InChI=1S/C20H24F3N7O2/c1-19(2,3)32-18(31)26-9-13-6-5-12(7-15(13)20(21,22)23)16-27-11-28-17(30-16)29-14(8-24)10-25-4/h5-8,10-11H,9,24H2,1-4H3,(H,26,31)(H,27,28,29,30)/b14-8+,25-10?. The maximum absolute atomic E-state index is 13.7. The van der Waals surface area contributed by atoms with Crippen LogP contribution in [0.3, 0.4) is 0 Å². The second kappa shape index (κ2) is 10.1. The van der Waals surface area contributed by atoms with Gasteiger partial charge in [0.05, 0.1) is 11.3 Å². The van der Waals surface area contributed by atoms with Gasteiger partial charge in [0, 0.05) is 31.6 Å². The van der Waals surface area contributed by atoms with Crippen LogP contribution in [0.25, 0.3) is 11.4 Å². The van der Waals surface area contributed by atoms with Crippen molar-refractivity contribution in [2.24, 2.45) is 10.7 Å². The Morgan fingerprint density at radius 3 is 2.56 bits per heavy atom. The van der Waals surface area contributed by atoms with Crippen molar-refractivity contribution >= 4 is 18.3 Å². The van der Waals surface area contributed by atoms with Crippen molar-refractivity contribution < 1.29 is 22.7 Å². The van der Waals surface area contributed by atoms with Gasteiger partial charge in [-0.2, -0.15) is 18.2 Å². The van der Waals surface area contributed by atoms with Gasteiger partial charge in [-0.3, -0.25) is 4.99 Å². The van der Waals surface area contributed by atoms with E-state index in [0.29, 0.717) is 5.70 Å².